The van der Waals surface area contributed by atoms with E-state index in [9.17, 15) is 8.78 Å². The van der Waals surface area contributed by atoms with Crippen molar-refractivity contribution in [2.45, 2.75) is 11.8 Å². The fraction of sp³-hybridized carbons (Fsp3) is 0.286. The highest BCUT2D eigenvalue weighted by Gasteiger charge is 2.15. The van der Waals surface area contributed by atoms with Gasteiger partial charge in [-0.3, -0.25) is 0 Å². The molecule has 0 saturated carbocycles. The molecule has 0 aliphatic heterocycles. The van der Waals surface area contributed by atoms with Crippen LogP contribution in [0.1, 0.15) is 17.7 Å². The van der Waals surface area contributed by atoms with Crippen molar-refractivity contribution in [1.29, 1.82) is 0 Å². The van der Waals surface area contributed by atoms with Crippen LogP contribution < -0.4 is 5.73 Å². The summed E-state index contributed by atoms with van der Waals surface area (Å²) in [5.41, 5.74) is 5.39. The monoisotopic (exact) mass is 270 g/mol. The lowest BCUT2D eigenvalue weighted by Crippen LogP contribution is -2.01. The molecule has 0 aliphatic rings. The van der Waals surface area contributed by atoms with E-state index >= 15 is 0 Å². The first kappa shape index (κ1) is 10.7. The number of pyridine rings is 1. The molecule has 0 bridgehead atoms. The second kappa shape index (κ2) is 4.19. The summed E-state index contributed by atoms with van der Waals surface area (Å²) in [6, 6.07) is 1.14. The van der Waals surface area contributed by atoms with Crippen LogP contribution >= 0.6 is 27.5 Å². The Bertz CT molecular complexity index is 320. The molecule has 0 aromatic carbocycles. The Labute approximate surface area is 87.2 Å². The van der Waals surface area contributed by atoms with E-state index in [0.717, 1.165) is 6.07 Å². The molecule has 0 atom stereocenters. The fourth-order valence-corrected chi connectivity index (χ4v) is 1.46. The number of nitrogen functional groups attached to an aromatic ring is 1. The Balaban J connectivity index is 3.25. The minimum Gasteiger partial charge on any atom is -0.382 e. The minimum absolute atomic E-state index is 0.0556. The smallest absolute Gasteiger partial charge is 0.265 e. The number of alkyl halides is 3. The van der Waals surface area contributed by atoms with Crippen molar-refractivity contribution in [3.05, 3.63) is 22.3 Å². The zero-order valence-corrected chi connectivity index (χ0v) is 8.74. The van der Waals surface area contributed by atoms with Gasteiger partial charge >= 0.3 is 0 Å². The predicted octanol–water partition coefficient (Wildman–Crippen LogP) is 3.15. The highest BCUT2D eigenvalue weighted by atomic mass is 79.9. The molecule has 0 spiro atoms. The van der Waals surface area contributed by atoms with Gasteiger partial charge in [-0.1, -0.05) is 27.5 Å². The van der Waals surface area contributed by atoms with Crippen LogP contribution in [0.2, 0.25) is 5.02 Å². The zero-order chi connectivity index (χ0) is 10.0. The summed E-state index contributed by atoms with van der Waals surface area (Å²) in [5.74, 6) is 0.0699. The van der Waals surface area contributed by atoms with E-state index in [4.69, 9.17) is 17.3 Å². The summed E-state index contributed by atoms with van der Waals surface area (Å²) < 4.78 is 24.7. The summed E-state index contributed by atoms with van der Waals surface area (Å²) in [5, 5.41) is 0.286. The van der Waals surface area contributed by atoms with Crippen LogP contribution in [-0.2, 0) is 5.33 Å². The normalized spacial score (nSPS) is 10.8. The van der Waals surface area contributed by atoms with Gasteiger partial charge in [-0.05, 0) is 6.07 Å². The molecule has 1 rings (SSSR count). The molecule has 0 aliphatic carbocycles. The van der Waals surface area contributed by atoms with Gasteiger partial charge in [-0.2, -0.15) is 0 Å². The number of rotatable bonds is 2. The van der Waals surface area contributed by atoms with Crippen LogP contribution in [0.25, 0.3) is 0 Å². The fourth-order valence-electron chi connectivity index (χ4n) is 0.853. The molecule has 0 saturated heterocycles. The summed E-state index contributed by atoms with van der Waals surface area (Å²) in [4.78, 5) is 3.73. The van der Waals surface area contributed by atoms with E-state index in [2.05, 4.69) is 20.9 Å². The Kier molecular flexibility index (Phi) is 3.44. The summed E-state index contributed by atoms with van der Waals surface area (Å²) >= 11 is 8.59. The Morgan fingerprint density at radius 3 is 2.69 bits per heavy atom. The van der Waals surface area contributed by atoms with Crippen molar-refractivity contribution < 1.29 is 8.78 Å². The molecule has 0 unspecified atom stereocenters. The van der Waals surface area contributed by atoms with E-state index in [0.29, 0.717) is 0 Å². The van der Waals surface area contributed by atoms with Crippen molar-refractivity contribution in [3.8, 4) is 0 Å². The highest BCUT2D eigenvalue weighted by molar-refractivity contribution is 9.08. The number of halogens is 4. The average molecular weight is 271 g/mol. The maximum absolute atomic E-state index is 12.4. The van der Waals surface area contributed by atoms with E-state index in [-0.39, 0.29) is 27.4 Å². The molecule has 1 aromatic heterocycles. The zero-order valence-electron chi connectivity index (χ0n) is 6.40. The van der Waals surface area contributed by atoms with E-state index < -0.39 is 6.43 Å². The van der Waals surface area contributed by atoms with Gasteiger partial charge in [0.25, 0.3) is 6.43 Å². The number of hydrogen-bond donors (Lipinski definition) is 1. The molecular weight excluding hydrogens is 265 g/mol. The van der Waals surface area contributed by atoms with Crippen LogP contribution in [0.15, 0.2) is 6.07 Å². The van der Waals surface area contributed by atoms with Crippen molar-refractivity contribution in [2.24, 2.45) is 0 Å². The molecule has 72 valence electrons. The largest absolute Gasteiger partial charge is 0.382 e. The molecule has 0 radical (unpaired) electrons. The van der Waals surface area contributed by atoms with Crippen molar-refractivity contribution in [3.63, 3.8) is 0 Å². The maximum Gasteiger partial charge on any atom is 0.265 e. The SMILES string of the molecule is Nc1nc(CBr)c(C(F)F)cc1Cl. The van der Waals surface area contributed by atoms with Gasteiger partial charge in [0.2, 0.25) is 0 Å². The van der Waals surface area contributed by atoms with Gasteiger partial charge < -0.3 is 5.73 Å². The van der Waals surface area contributed by atoms with Gasteiger partial charge in [-0.25, -0.2) is 13.8 Å². The number of hydrogen-bond acceptors (Lipinski definition) is 2. The molecule has 2 nitrogen and oxygen atoms in total. The average Bonchev–Trinajstić information content (AvgIpc) is 2.08. The molecular formula is C7H6BrClF2N2. The van der Waals surface area contributed by atoms with Crippen molar-refractivity contribution >= 4 is 33.3 Å². The third-order valence-electron chi connectivity index (χ3n) is 1.48. The van der Waals surface area contributed by atoms with Crippen LogP contribution in [0, 0.1) is 0 Å². The Hall–Kier alpha value is -0.420. The van der Waals surface area contributed by atoms with Gasteiger partial charge in [0, 0.05) is 10.9 Å². The number of nitrogens with zero attached hydrogens (tertiary/aromatic N) is 1. The lowest BCUT2D eigenvalue weighted by atomic mass is 10.2. The minimum atomic E-state index is -2.59. The van der Waals surface area contributed by atoms with Crippen LogP contribution in [0.5, 0.6) is 0 Å². The Morgan fingerprint density at radius 1 is 1.62 bits per heavy atom. The van der Waals surface area contributed by atoms with Gasteiger partial charge in [0.1, 0.15) is 5.82 Å². The molecule has 0 fully saturated rings. The van der Waals surface area contributed by atoms with Crippen LogP contribution in [-0.4, -0.2) is 4.98 Å². The Morgan fingerprint density at radius 2 is 2.23 bits per heavy atom. The quantitative estimate of drug-likeness (QED) is 0.839. The predicted molar refractivity (Wildman–Crippen MR) is 51.2 cm³/mol. The second-order valence-electron chi connectivity index (χ2n) is 2.33. The summed E-state index contributed by atoms with van der Waals surface area (Å²) in [6.45, 7) is 0. The molecule has 6 heteroatoms. The number of anilines is 1. The third-order valence-corrected chi connectivity index (χ3v) is 2.31. The first-order valence-electron chi connectivity index (χ1n) is 3.35. The lowest BCUT2D eigenvalue weighted by Gasteiger charge is -2.07. The molecule has 0 amide bonds. The van der Waals surface area contributed by atoms with E-state index in [1.165, 1.54) is 0 Å². The molecule has 13 heavy (non-hydrogen) atoms. The molecule has 1 heterocycles. The van der Waals surface area contributed by atoms with Crippen LogP contribution in [0.4, 0.5) is 14.6 Å². The first-order valence-corrected chi connectivity index (χ1v) is 4.85. The highest BCUT2D eigenvalue weighted by Crippen LogP contribution is 2.28. The number of aromatic nitrogens is 1. The van der Waals surface area contributed by atoms with Gasteiger partial charge in [0.15, 0.2) is 0 Å². The molecule has 2 N–H and O–H groups in total. The summed E-state index contributed by atoms with van der Waals surface area (Å²) in [6.07, 6.45) is -2.59. The van der Waals surface area contributed by atoms with Gasteiger partial charge in [0.05, 0.1) is 10.7 Å². The topological polar surface area (TPSA) is 38.9 Å². The standard InChI is InChI=1S/C7H6BrClF2N2/c8-2-5-3(6(10)11)1-4(9)7(12)13-5/h1,6H,2H2,(H2,12,13). The molecule has 1 aromatic rings. The van der Waals surface area contributed by atoms with Crippen molar-refractivity contribution in [1.82, 2.24) is 4.98 Å². The van der Waals surface area contributed by atoms with Crippen LogP contribution in [0.3, 0.4) is 0 Å². The summed E-state index contributed by atoms with van der Waals surface area (Å²) in [7, 11) is 0. The first-order chi connectivity index (χ1) is 6.06. The second-order valence-corrected chi connectivity index (χ2v) is 3.29. The van der Waals surface area contributed by atoms with E-state index in [1.807, 2.05) is 0 Å². The van der Waals surface area contributed by atoms with Crippen molar-refractivity contribution in [2.75, 3.05) is 5.73 Å². The number of nitrogens with two attached hydrogens (primary N) is 1. The van der Waals surface area contributed by atoms with Gasteiger partial charge in [-0.15, -0.1) is 0 Å². The maximum atomic E-state index is 12.4. The third kappa shape index (κ3) is 2.28. The lowest BCUT2D eigenvalue weighted by molar-refractivity contribution is 0.150. The van der Waals surface area contributed by atoms with E-state index in [1.54, 1.807) is 0 Å².